The molecular weight excluding hydrogens is 540 g/mol. The van der Waals surface area contributed by atoms with Crippen molar-refractivity contribution in [2.75, 3.05) is 0 Å². The molecule has 0 radical (unpaired) electrons. The van der Waals surface area contributed by atoms with Gasteiger partial charge in [-0.2, -0.15) is 4.72 Å². The van der Waals surface area contributed by atoms with Crippen LogP contribution in [0.3, 0.4) is 0 Å². The number of hydrogen-bond donors (Lipinski definition) is 2. The summed E-state index contributed by atoms with van der Waals surface area (Å²) < 4.78 is 40.0. The number of H-pyrrole nitrogens is 1. The van der Waals surface area contributed by atoms with Crippen LogP contribution in [0, 0.1) is 20.8 Å². The number of fused-ring (bicyclic) bond motifs is 2. The molecule has 0 aliphatic carbocycles. The van der Waals surface area contributed by atoms with Crippen molar-refractivity contribution in [2.45, 2.75) is 38.1 Å². The monoisotopic (exact) mass is 564 g/mol. The predicted molar refractivity (Wildman–Crippen MR) is 150 cm³/mol. The number of esters is 1. The normalized spacial score (nSPS) is 12.6. The van der Waals surface area contributed by atoms with Crippen molar-refractivity contribution in [3.8, 4) is 5.75 Å². The van der Waals surface area contributed by atoms with Crippen molar-refractivity contribution in [1.82, 2.24) is 9.71 Å². The molecule has 2 heterocycles. The number of hydrogen-bond acceptors (Lipinski definition) is 6. The van der Waals surface area contributed by atoms with E-state index in [1.54, 1.807) is 38.2 Å². The SMILES string of the molecule is Cc1ccc(S(=O)(=O)N[C@H](Cc2c[nH]c3ccccc23)C(=O)Oc2cc3oc(=O)c(C)c(C)c3cc2Cl)cc1. The Morgan fingerprint density at radius 3 is 2.49 bits per heavy atom. The first-order valence-electron chi connectivity index (χ1n) is 12.1. The molecule has 2 aromatic heterocycles. The summed E-state index contributed by atoms with van der Waals surface area (Å²) in [6, 6.07) is 15.4. The van der Waals surface area contributed by atoms with Gasteiger partial charge in [-0.15, -0.1) is 0 Å². The van der Waals surface area contributed by atoms with Gasteiger partial charge in [-0.25, -0.2) is 18.0 Å². The molecule has 0 fully saturated rings. The molecule has 0 spiro atoms. The van der Waals surface area contributed by atoms with Crippen LogP contribution < -0.4 is 15.1 Å². The zero-order valence-electron chi connectivity index (χ0n) is 21.4. The van der Waals surface area contributed by atoms with Crippen LogP contribution >= 0.6 is 11.6 Å². The van der Waals surface area contributed by atoms with E-state index in [-0.39, 0.29) is 27.7 Å². The Bertz CT molecular complexity index is 1890. The molecule has 10 heteroatoms. The van der Waals surface area contributed by atoms with Gasteiger partial charge in [0.15, 0.2) is 5.75 Å². The van der Waals surface area contributed by atoms with E-state index in [0.717, 1.165) is 22.0 Å². The average Bonchev–Trinajstić information content (AvgIpc) is 3.31. The van der Waals surface area contributed by atoms with E-state index in [0.29, 0.717) is 16.5 Å². The predicted octanol–water partition coefficient (Wildman–Crippen LogP) is 5.35. The Labute approximate surface area is 229 Å². The van der Waals surface area contributed by atoms with E-state index in [1.807, 2.05) is 31.2 Å². The number of carbonyl (C=O) groups is 1. The molecular formula is C29H25ClN2O6S. The standard InChI is InChI=1S/C29H25ClN2O6S/c1-16-8-10-20(11-9-16)39(35,36)32-25(12-19-15-31-24-7-5-4-6-21(19)24)29(34)38-27-14-26-22(13-23(27)30)17(2)18(3)28(33)37-26/h4-11,13-15,25,31-32H,12H2,1-3H3/t25-/m1/s1. The minimum Gasteiger partial charge on any atom is -0.424 e. The van der Waals surface area contributed by atoms with Crippen LogP contribution in [0.5, 0.6) is 5.75 Å². The van der Waals surface area contributed by atoms with Crippen molar-refractivity contribution in [2.24, 2.45) is 0 Å². The van der Waals surface area contributed by atoms with Crippen LogP contribution in [0.4, 0.5) is 0 Å². The third kappa shape index (κ3) is 5.34. The zero-order valence-corrected chi connectivity index (χ0v) is 22.9. The molecule has 1 atom stereocenters. The molecule has 200 valence electrons. The Morgan fingerprint density at radius 2 is 1.74 bits per heavy atom. The molecule has 8 nitrogen and oxygen atoms in total. The summed E-state index contributed by atoms with van der Waals surface area (Å²) in [6.07, 6.45) is 1.74. The van der Waals surface area contributed by atoms with Crippen molar-refractivity contribution in [3.63, 3.8) is 0 Å². The maximum atomic E-state index is 13.5. The molecule has 0 saturated heterocycles. The minimum atomic E-state index is -4.08. The Balaban J connectivity index is 1.51. The average molecular weight is 565 g/mol. The second-order valence-corrected chi connectivity index (χ2v) is 11.5. The van der Waals surface area contributed by atoms with Crippen LogP contribution in [-0.2, 0) is 21.2 Å². The first-order chi connectivity index (χ1) is 18.5. The largest absolute Gasteiger partial charge is 0.424 e. The van der Waals surface area contributed by atoms with E-state index < -0.39 is 27.7 Å². The van der Waals surface area contributed by atoms with Crippen LogP contribution in [0.25, 0.3) is 21.9 Å². The Morgan fingerprint density at radius 1 is 1.03 bits per heavy atom. The quantitative estimate of drug-likeness (QED) is 0.156. The molecule has 3 aromatic carbocycles. The van der Waals surface area contributed by atoms with Crippen LogP contribution in [0.1, 0.15) is 22.3 Å². The first-order valence-corrected chi connectivity index (χ1v) is 14.0. The van der Waals surface area contributed by atoms with Crippen molar-refractivity contribution in [1.29, 1.82) is 0 Å². The van der Waals surface area contributed by atoms with Crippen LogP contribution in [0.15, 0.2) is 81.0 Å². The van der Waals surface area contributed by atoms with Crippen molar-refractivity contribution >= 4 is 49.5 Å². The molecule has 0 amide bonds. The number of halogens is 1. The highest BCUT2D eigenvalue weighted by molar-refractivity contribution is 7.89. The number of ether oxygens (including phenoxy) is 1. The van der Waals surface area contributed by atoms with Crippen LogP contribution in [-0.4, -0.2) is 25.4 Å². The molecule has 39 heavy (non-hydrogen) atoms. The molecule has 0 bridgehead atoms. The van der Waals surface area contributed by atoms with Gasteiger partial charge in [-0.05, 0) is 56.2 Å². The van der Waals surface area contributed by atoms with Gasteiger partial charge in [0.25, 0.3) is 0 Å². The summed E-state index contributed by atoms with van der Waals surface area (Å²) in [7, 11) is -4.08. The highest BCUT2D eigenvalue weighted by Crippen LogP contribution is 2.32. The summed E-state index contributed by atoms with van der Waals surface area (Å²) in [5, 5.41) is 1.56. The fourth-order valence-electron chi connectivity index (χ4n) is 4.37. The lowest BCUT2D eigenvalue weighted by molar-refractivity contribution is -0.136. The number of benzene rings is 3. The topological polar surface area (TPSA) is 118 Å². The fraction of sp³-hybridized carbons (Fsp3) is 0.172. The van der Waals surface area contributed by atoms with E-state index in [1.165, 1.54) is 18.2 Å². The number of para-hydroxylation sites is 1. The number of sulfonamides is 1. The molecule has 0 aliphatic heterocycles. The third-order valence-electron chi connectivity index (χ3n) is 6.73. The summed E-state index contributed by atoms with van der Waals surface area (Å²) in [5.74, 6) is -0.928. The maximum Gasteiger partial charge on any atom is 0.339 e. The molecule has 2 N–H and O–H groups in total. The summed E-state index contributed by atoms with van der Waals surface area (Å²) in [6.45, 7) is 5.27. The molecule has 0 aliphatic rings. The lowest BCUT2D eigenvalue weighted by Crippen LogP contribution is -2.44. The smallest absolute Gasteiger partial charge is 0.339 e. The maximum absolute atomic E-state index is 13.5. The number of aromatic amines is 1. The molecule has 0 saturated carbocycles. The van der Waals surface area contributed by atoms with E-state index in [9.17, 15) is 18.0 Å². The molecule has 5 rings (SSSR count). The minimum absolute atomic E-state index is 0.00647. The van der Waals surface area contributed by atoms with E-state index in [4.69, 9.17) is 20.8 Å². The van der Waals surface area contributed by atoms with Gasteiger partial charge in [-0.1, -0.05) is 47.5 Å². The number of rotatable bonds is 7. The van der Waals surface area contributed by atoms with Gasteiger partial charge in [0.2, 0.25) is 10.0 Å². The zero-order chi connectivity index (χ0) is 27.9. The first kappa shape index (κ1) is 26.7. The number of nitrogens with one attached hydrogen (secondary N) is 2. The van der Waals surface area contributed by atoms with Gasteiger partial charge in [0, 0.05) is 40.5 Å². The van der Waals surface area contributed by atoms with Crippen molar-refractivity contribution < 1.29 is 22.4 Å². The highest BCUT2D eigenvalue weighted by Gasteiger charge is 2.29. The van der Waals surface area contributed by atoms with Gasteiger partial charge in [-0.3, -0.25) is 0 Å². The van der Waals surface area contributed by atoms with E-state index >= 15 is 0 Å². The van der Waals surface area contributed by atoms with Crippen LogP contribution in [0.2, 0.25) is 5.02 Å². The summed E-state index contributed by atoms with van der Waals surface area (Å²) >= 11 is 6.44. The number of aryl methyl sites for hydroxylation is 2. The summed E-state index contributed by atoms with van der Waals surface area (Å²) in [4.78, 5) is 28.8. The number of aromatic nitrogens is 1. The van der Waals surface area contributed by atoms with Gasteiger partial charge in [0.1, 0.15) is 11.6 Å². The number of carbonyl (C=O) groups excluding carboxylic acids is 1. The van der Waals surface area contributed by atoms with E-state index in [2.05, 4.69) is 9.71 Å². The summed E-state index contributed by atoms with van der Waals surface area (Å²) in [5.41, 5.74) is 3.30. The van der Waals surface area contributed by atoms with Gasteiger partial charge in [0.05, 0.1) is 9.92 Å². The molecule has 0 unspecified atom stereocenters. The lowest BCUT2D eigenvalue weighted by atomic mass is 10.1. The van der Waals surface area contributed by atoms with Gasteiger partial charge < -0.3 is 14.1 Å². The second-order valence-electron chi connectivity index (χ2n) is 9.39. The lowest BCUT2D eigenvalue weighted by Gasteiger charge is -2.18. The third-order valence-corrected chi connectivity index (χ3v) is 8.52. The van der Waals surface area contributed by atoms with Gasteiger partial charge >= 0.3 is 11.6 Å². The molecule has 5 aromatic rings. The second kappa shape index (κ2) is 10.3. The fourth-order valence-corrected chi connectivity index (χ4v) is 5.75. The van der Waals surface area contributed by atoms with Crippen molar-refractivity contribution in [3.05, 3.63) is 105 Å². The highest BCUT2D eigenvalue weighted by atomic mass is 35.5. The Hall–Kier alpha value is -3.92. The Kier molecular flexibility index (Phi) is 7.07.